The fraction of sp³-hybridized carbons (Fsp3) is 0.467. The summed E-state index contributed by atoms with van der Waals surface area (Å²) in [7, 11) is 1.84. The quantitative estimate of drug-likeness (QED) is 0.773. The topological polar surface area (TPSA) is 88.5 Å². The number of anilines is 1. The number of nitrogens with zero attached hydrogens (tertiary/aromatic N) is 4. The number of H-pyrrole nitrogens is 1. The molecule has 23 heavy (non-hydrogen) atoms. The molecule has 1 saturated carbocycles. The number of hydrogen-bond acceptors (Lipinski definition) is 5. The lowest BCUT2D eigenvalue weighted by molar-refractivity contribution is 0.102. The number of aryl methyl sites for hydroxylation is 2. The lowest BCUT2D eigenvalue weighted by Crippen LogP contribution is -2.14. The number of thiazole rings is 1. The van der Waals surface area contributed by atoms with Crippen LogP contribution in [0.1, 0.15) is 52.7 Å². The highest BCUT2D eigenvalue weighted by atomic mass is 32.1. The fourth-order valence-corrected chi connectivity index (χ4v) is 4.18. The lowest BCUT2D eigenvalue weighted by atomic mass is 10.0. The molecule has 4 rings (SSSR count). The predicted molar refractivity (Wildman–Crippen MR) is 88.9 cm³/mol. The van der Waals surface area contributed by atoms with Crippen molar-refractivity contribution in [2.45, 2.75) is 38.5 Å². The van der Waals surface area contributed by atoms with Crippen molar-refractivity contribution in [2.75, 3.05) is 5.32 Å². The van der Waals surface area contributed by atoms with Gasteiger partial charge in [-0.25, -0.2) is 9.67 Å². The average Bonchev–Trinajstić information content (AvgIpc) is 3.27. The lowest BCUT2D eigenvalue weighted by Gasteiger charge is -2.08. The Balaban J connectivity index is 1.64. The maximum Gasteiger partial charge on any atom is 0.268 e. The molecule has 0 aromatic carbocycles. The van der Waals surface area contributed by atoms with Crippen LogP contribution in [0.2, 0.25) is 0 Å². The van der Waals surface area contributed by atoms with Gasteiger partial charge in [0, 0.05) is 13.0 Å². The maximum absolute atomic E-state index is 12.7. The molecule has 0 atom stereocenters. The first-order valence-electron chi connectivity index (χ1n) is 7.77. The van der Waals surface area contributed by atoms with Gasteiger partial charge in [-0.1, -0.05) is 12.8 Å². The van der Waals surface area contributed by atoms with Crippen LogP contribution < -0.4 is 5.32 Å². The summed E-state index contributed by atoms with van der Waals surface area (Å²) in [4.78, 5) is 17.9. The third-order valence-corrected chi connectivity index (χ3v) is 5.34. The van der Waals surface area contributed by atoms with Crippen LogP contribution in [0.15, 0.2) is 5.51 Å². The minimum absolute atomic E-state index is 0.122. The van der Waals surface area contributed by atoms with Gasteiger partial charge in [-0.05, 0) is 19.8 Å². The summed E-state index contributed by atoms with van der Waals surface area (Å²) >= 11 is 1.40. The van der Waals surface area contributed by atoms with Gasteiger partial charge in [0.05, 0.1) is 22.3 Å². The Morgan fingerprint density at radius 1 is 1.43 bits per heavy atom. The summed E-state index contributed by atoms with van der Waals surface area (Å²) in [5, 5.41) is 15.3. The van der Waals surface area contributed by atoms with E-state index in [0.717, 1.165) is 35.3 Å². The second-order valence-corrected chi connectivity index (χ2v) is 6.86. The standard InChI is InChI=1S/C15H18N6OS/c1-8-10-13(18-19-14(10)21(2)20-8)17-15(22)12-11(16-7-23-12)9-5-3-4-6-9/h7,9H,3-6H2,1-2H3,(H2,17,18,19,22). The maximum atomic E-state index is 12.7. The predicted octanol–water partition coefficient (Wildman–Crippen LogP) is 2.97. The number of carbonyl (C=O) groups is 1. The minimum atomic E-state index is -0.122. The number of nitrogens with one attached hydrogen (secondary N) is 2. The largest absolute Gasteiger partial charge is 0.306 e. The molecule has 0 bridgehead atoms. The van der Waals surface area contributed by atoms with Gasteiger partial charge in [-0.2, -0.15) is 10.2 Å². The van der Waals surface area contributed by atoms with Crippen molar-refractivity contribution in [3.05, 3.63) is 21.8 Å². The van der Waals surface area contributed by atoms with Crippen molar-refractivity contribution < 1.29 is 4.79 Å². The van der Waals surface area contributed by atoms with E-state index in [-0.39, 0.29) is 5.91 Å². The Kier molecular flexibility index (Phi) is 3.41. The number of carbonyl (C=O) groups excluding carboxylic acids is 1. The zero-order chi connectivity index (χ0) is 16.0. The Morgan fingerprint density at radius 3 is 3.00 bits per heavy atom. The molecule has 1 amide bonds. The van der Waals surface area contributed by atoms with Crippen molar-refractivity contribution in [1.29, 1.82) is 0 Å². The third-order valence-electron chi connectivity index (χ3n) is 4.50. The van der Waals surface area contributed by atoms with E-state index >= 15 is 0 Å². The summed E-state index contributed by atoms with van der Waals surface area (Å²) in [5.41, 5.74) is 4.29. The van der Waals surface area contributed by atoms with Crippen LogP contribution in [0.25, 0.3) is 11.0 Å². The summed E-state index contributed by atoms with van der Waals surface area (Å²) in [6, 6.07) is 0. The average molecular weight is 330 g/mol. The molecule has 3 heterocycles. The molecule has 8 heteroatoms. The molecule has 0 radical (unpaired) electrons. The van der Waals surface area contributed by atoms with E-state index in [1.165, 1.54) is 24.2 Å². The molecule has 3 aromatic heterocycles. The molecule has 0 aliphatic heterocycles. The molecule has 0 spiro atoms. The molecule has 0 saturated heterocycles. The molecule has 0 unspecified atom stereocenters. The van der Waals surface area contributed by atoms with E-state index in [0.29, 0.717) is 16.6 Å². The van der Waals surface area contributed by atoms with Gasteiger partial charge in [-0.3, -0.25) is 9.89 Å². The summed E-state index contributed by atoms with van der Waals surface area (Å²) in [6.07, 6.45) is 4.69. The second kappa shape index (κ2) is 5.45. The van der Waals surface area contributed by atoms with Crippen molar-refractivity contribution in [2.24, 2.45) is 7.05 Å². The van der Waals surface area contributed by atoms with Crippen molar-refractivity contribution in [1.82, 2.24) is 25.0 Å². The number of hydrogen-bond donors (Lipinski definition) is 2. The fourth-order valence-electron chi connectivity index (χ4n) is 3.41. The monoisotopic (exact) mass is 330 g/mol. The SMILES string of the molecule is Cc1nn(C)c2n[nH]c(NC(=O)c3scnc3C3CCCC3)c12. The minimum Gasteiger partial charge on any atom is -0.306 e. The first-order valence-corrected chi connectivity index (χ1v) is 8.65. The second-order valence-electron chi connectivity index (χ2n) is 6.01. The van der Waals surface area contributed by atoms with Crippen LogP contribution in [0.3, 0.4) is 0 Å². The molecule has 1 aliphatic carbocycles. The molecule has 1 fully saturated rings. The molecular formula is C15H18N6OS. The molecule has 120 valence electrons. The van der Waals surface area contributed by atoms with Gasteiger partial charge in [0.15, 0.2) is 5.65 Å². The number of aromatic nitrogens is 5. The number of rotatable bonds is 3. The van der Waals surface area contributed by atoms with Gasteiger partial charge in [0.1, 0.15) is 10.7 Å². The zero-order valence-corrected chi connectivity index (χ0v) is 13.9. The molecule has 2 N–H and O–H groups in total. The highest BCUT2D eigenvalue weighted by Crippen LogP contribution is 2.36. The van der Waals surface area contributed by atoms with Gasteiger partial charge in [0.2, 0.25) is 0 Å². The smallest absolute Gasteiger partial charge is 0.268 e. The Morgan fingerprint density at radius 2 is 2.22 bits per heavy atom. The Hall–Kier alpha value is -2.22. The normalized spacial score (nSPS) is 15.6. The van der Waals surface area contributed by atoms with Crippen LogP contribution in [0.5, 0.6) is 0 Å². The van der Waals surface area contributed by atoms with Crippen LogP contribution in [0, 0.1) is 6.92 Å². The highest BCUT2D eigenvalue weighted by molar-refractivity contribution is 7.12. The number of amides is 1. The Bertz CT molecular complexity index is 870. The van der Waals surface area contributed by atoms with E-state index in [4.69, 9.17) is 0 Å². The highest BCUT2D eigenvalue weighted by Gasteiger charge is 2.26. The molecule has 1 aliphatic rings. The van der Waals surface area contributed by atoms with Gasteiger partial charge < -0.3 is 5.32 Å². The van der Waals surface area contributed by atoms with Gasteiger partial charge in [-0.15, -0.1) is 11.3 Å². The van der Waals surface area contributed by atoms with Crippen molar-refractivity contribution in [3.8, 4) is 0 Å². The summed E-state index contributed by atoms with van der Waals surface area (Å²) in [5.74, 6) is 0.897. The van der Waals surface area contributed by atoms with Crippen LogP contribution >= 0.6 is 11.3 Å². The molecular weight excluding hydrogens is 312 g/mol. The first-order chi connectivity index (χ1) is 11.1. The van der Waals surface area contributed by atoms with E-state index in [1.54, 1.807) is 10.2 Å². The number of aromatic amines is 1. The number of fused-ring (bicyclic) bond motifs is 1. The third kappa shape index (κ3) is 2.33. The van der Waals surface area contributed by atoms with Gasteiger partial charge >= 0.3 is 0 Å². The first kappa shape index (κ1) is 14.4. The van der Waals surface area contributed by atoms with E-state index < -0.39 is 0 Å². The van der Waals surface area contributed by atoms with Crippen LogP contribution in [0.4, 0.5) is 5.82 Å². The molecule has 3 aromatic rings. The van der Waals surface area contributed by atoms with Crippen molar-refractivity contribution >= 4 is 34.1 Å². The summed E-state index contributed by atoms with van der Waals surface area (Å²) < 4.78 is 1.70. The van der Waals surface area contributed by atoms with Crippen LogP contribution in [-0.2, 0) is 7.05 Å². The molecule has 7 nitrogen and oxygen atoms in total. The van der Waals surface area contributed by atoms with E-state index in [1.807, 2.05) is 14.0 Å². The van der Waals surface area contributed by atoms with Crippen molar-refractivity contribution in [3.63, 3.8) is 0 Å². The van der Waals surface area contributed by atoms with E-state index in [9.17, 15) is 4.79 Å². The summed E-state index contributed by atoms with van der Waals surface area (Å²) in [6.45, 7) is 1.91. The van der Waals surface area contributed by atoms with Crippen LogP contribution in [-0.4, -0.2) is 30.9 Å². The Labute approximate surface area is 137 Å². The van der Waals surface area contributed by atoms with E-state index in [2.05, 4.69) is 25.6 Å². The zero-order valence-electron chi connectivity index (χ0n) is 13.1. The van der Waals surface area contributed by atoms with Gasteiger partial charge in [0.25, 0.3) is 5.91 Å².